The van der Waals surface area contributed by atoms with E-state index in [0.717, 1.165) is 30.8 Å². The Kier molecular flexibility index (Phi) is 3.92. The fourth-order valence-corrected chi connectivity index (χ4v) is 2.49. The van der Waals surface area contributed by atoms with Crippen LogP contribution >= 0.6 is 0 Å². The van der Waals surface area contributed by atoms with E-state index in [4.69, 9.17) is 4.74 Å². The second kappa shape index (κ2) is 6.02. The Balaban J connectivity index is 1.75. The van der Waals surface area contributed by atoms with Gasteiger partial charge >= 0.3 is 0 Å². The first-order valence-electron chi connectivity index (χ1n) is 7.31. The van der Waals surface area contributed by atoms with E-state index in [1.807, 2.05) is 12.1 Å². The van der Waals surface area contributed by atoms with Gasteiger partial charge in [-0.1, -0.05) is 0 Å². The Morgan fingerprint density at radius 2 is 1.77 bits per heavy atom. The maximum atomic E-state index is 12.3. The molecule has 22 heavy (non-hydrogen) atoms. The lowest BCUT2D eigenvalue weighted by Gasteiger charge is -2.17. The SMILES string of the molecule is CC(=O)c1ccc(NC(=O)c2ccc3c(c2)CCCO3)cc1. The number of benzene rings is 2. The smallest absolute Gasteiger partial charge is 0.255 e. The lowest BCUT2D eigenvalue weighted by molar-refractivity contribution is 0.101. The van der Waals surface area contributed by atoms with E-state index in [1.165, 1.54) is 6.92 Å². The first kappa shape index (κ1) is 14.3. The van der Waals surface area contributed by atoms with Crippen LogP contribution in [0.3, 0.4) is 0 Å². The molecule has 2 aromatic rings. The van der Waals surface area contributed by atoms with Gasteiger partial charge in [0, 0.05) is 16.8 Å². The zero-order valence-corrected chi connectivity index (χ0v) is 12.4. The molecule has 0 unspecified atom stereocenters. The Bertz CT molecular complexity index is 720. The average molecular weight is 295 g/mol. The number of ether oxygens (including phenoxy) is 1. The van der Waals surface area contributed by atoms with Crippen molar-refractivity contribution in [3.05, 3.63) is 59.2 Å². The summed E-state index contributed by atoms with van der Waals surface area (Å²) in [6.07, 6.45) is 1.91. The number of hydrogen-bond acceptors (Lipinski definition) is 3. The van der Waals surface area contributed by atoms with E-state index in [9.17, 15) is 9.59 Å². The van der Waals surface area contributed by atoms with Gasteiger partial charge in [0.15, 0.2) is 5.78 Å². The molecule has 0 spiro atoms. The van der Waals surface area contributed by atoms with Crippen molar-refractivity contribution < 1.29 is 14.3 Å². The molecule has 4 heteroatoms. The summed E-state index contributed by atoms with van der Waals surface area (Å²) in [4.78, 5) is 23.5. The monoisotopic (exact) mass is 295 g/mol. The third-order valence-corrected chi connectivity index (χ3v) is 3.72. The van der Waals surface area contributed by atoms with Crippen LogP contribution in [-0.2, 0) is 6.42 Å². The topological polar surface area (TPSA) is 55.4 Å². The predicted octanol–water partition coefficient (Wildman–Crippen LogP) is 3.47. The summed E-state index contributed by atoms with van der Waals surface area (Å²) in [6.45, 7) is 2.25. The number of anilines is 1. The number of ketones is 1. The molecule has 4 nitrogen and oxygen atoms in total. The van der Waals surface area contributed by atoms with Gasteiger partial charge in [-0.2, -0.15) is 0 Å². The van der Waals surface area contributed by atoms with Crippen LogP contribution in [0.1, 0.15) is 39.6 Å². The molecule has 0 atom stereocenters. The summed E-state index contributed by atoms with van der Waals surface area (Å²) < 4.78 is 5.55. The molecule has 0 aromatic heterocycles. The number of hydrogen-bond donors (Lipinski definition) is 1. The van der Waals surface area contributed by atoms with Gasteiger partial charge < -0.3 is 10.1 Å². The van der Waals surface area contributed by atoms with Crippen molar-refractivity contribution in [1.29, 1.82) is 0 Å². The van der Waals surface area contributed by atoms with Gasteiger partial charge in [-0.3, -0.25) is 9.59 Å². The highest BCUT2D eigenvalue weighted by Gasteiger charge is 2.14. The van der Waals surface area contributed by atoms with Crippen LogP contribution < -0.4 is 10.1 Å². The van der Waals surface area contributed by atoms with E-state index in [2.05, 4.69) is 5.32 Å². The highest BCUT2D eigenvalue weighted by Crippen LogP contribution is 2.26. The molecular formula is C18H17NO3. The van der Waals surface area contributed by atoms with Crippen LogP contribution in [0.4, 0.5) is 5.69 Å². The highest BCUT2D eigenvalue weighted by atomic mass is 16.5. The minimum Gasteiger partial charge on any atom is -0.493 e. The third-order valence-electron chi connectivity index (χ3n) is 3.72. The van der Waals surface area contributed by atoms with Gasteiger partial charge in [0.05, 0.1) is 6.61 Å². The molecule has 0 fully saturated rings. The molecule has 2 aromatic carbocycles. The van der Waals surface area contributed by atoms with Crippen LogP contribution in [0.2, 0.25) is 0 Å². The number of Topliss-reactive ketones (excluding diaryl/α,β-unsaturated/α-hetero) is 1. The summed E-state index contributed by atoms with van der Waals surface area (Å²) in [5, 5.41) is 2.84. The molecular weight excluding hydrogens is 278 g/mol. The van der Waals surface area contributed by atoms with Gasteiger partial charge in [-0.15, -0.1) is 0 Å². The second-order valence-corrected chi connectivity index (χ2v) is 5.36. The average Bonchev–Trinajstić information content (AvgIpc) is 2.55. The quantitative estimate of drug-likeness (QED) is 0.882. The summed E-state index contributed by atoms with van der Waals surface area (Å²) >= 11 is 0. The van der Waals surface area contributed by atoms with Crippen LogP contribution in [0.25, 0.3) is 0 Å². The molecule has 3 rings (SSSR count). The molecule has 1 amide bonds. The Morgan fingerprint density at radius 1 is 1.05 bits per heavy atom. The fraction of sp³-hybridized carbons (Fsp3) is 0.222. The fourth-order valence-electron chi connectivity index (χ4n) is 2.49. The van der Waals surface area contributed by atoms with Gasteiger partial charge in [0.1, 0.15) is 5.75 Å². The van der Waals surface area contributed by atoms with Crippen LogP contribution in [0.5, 0.6) is 5.75 Å². The third kappa shape index (κ3) is 3.01. The van der Waals surface area contributed by atoms with E-state index in [0.29, 0.717) is 16.8 Å². The molecule has 112 valence electrons. The second-order valence-electron chi connectivity index (χ2n) is 5.36. The lowest BCUT2D eigenvalue weighted by Crippen LogP contribution is -2.14. The van der Waals surface area contributed by atoms with Crippen LogP contribution in [0, 0.1) is 0 Å². The standard InChI is InChI=1S/C18H17NO3/c1-12(20)13-4-7-16(8-5-13)19-18(21)15-6-9-17-14(11-15)3-2-10-22-17/h4-9,11H,2-3,10H2,1H3,(H,19,21). The molecule has 1 aliphatic rings. The maximum Gasteiger partial charge on any atom is 0.255 e. The summed E-state index contributed by atoms with van der Waals surface area (Å²) in [5.41, 5.74) is 2.98. The zero-order chi connectivity index (χ0) is 15.5. The molecule has 1 N–H and O–H groups in total. The van der Waals surface area contributed by atoms with Crippen LogP contribution in [0.15, 0.2) is 42.5 Å². The van der Waals surface area contributed by atoms with Gasteiger partial charge in [0.2, 0.25) is 0 Å². The summed E-state index contributed by atoms with van der Waals surface area (Å²) in [6, 6.07) is 12.4. The number of amides is 1. The van der Waals surface area contributed by atoms with Crippen molar-refractivity contribution in [1.82, 2.24) is 0 Å². The molecule has 1 aliphatic heterocycles. The Hall–Kier alpha value is -2.62. The molecule has 0 bridgehead atoms. The first-order valence-corrected chi connectivity index (χ1v) is 7.31. The Labute approximate surface area is 129 Å². The molecule has 0 saturated carbocycles. The number of carbonyl (C=O) groups is 2. The largest absolute Gasteiger partial charge is 0.493 e. The van der Waals surface area contributed by atoms with Crippen molar-refractivity contribution in [2.24, 2.45) is 0 Å². The molecule has 0 aliphatic carbocycles. The summed E-state index contributed by atoms with van der Waals surface area (Å²) in [5.74, 6) is 0.713. The molecule has 0 saturated heterocycles. The zero-order valence-electron chi connectivity index (χ0n) is 12.4. The van der Waals surface area contributed by atoms with E-state index in [-0.39, 0.29) is 11.7 Å². The number of carbonyl (C=O) groups excluding carboxylic acids is 2. The van der Waals surface area contributed by atoms with Crippen molar-refractivity contribution in [2.75, 3.05) is 11.9 Å². The van der Waals surface area contributed by atoms with Crippen molar-refractivity contribution in [3.63, 3.8) is 0 Å². The first-order chi connectivity index (χ1) is 10.6. The molecule has 1 heterocycles. The maximum absolute atomic E-state index is 12.3. The highest BCUT2D eigenvalue weighted by molar-refractivity contribution is 6.04. The lowest BCUT2D eigenvalue weighted by atomic mass is 10.0. The predicted molar refractivity (Wildman–Crippen MR) is 84.7 cm³/mol. The normalized spacial score (nSPS) is 13.0. The number of fused-ring (bicyclic) bond motifs is 1. The minimum atomic E-state index is -0.163. The van der Waals surface area contributed by atoms with Gasteiger partial charge in [-0.05, 0) is 67.8 Å². The van der Waals surface area contributed by atoms with Crippen molar-refractivity contribution in [2.45, 2.75) is 19.8 Å². The van der Waals surface area contributed by atoms with Crippen molar-refractivity contribution >= 4 is 17.4 Å². The number of aryl methyl sites for hydroxylation is 1. The van der Waals surface area contributed by atoms with E-state index in [1.54, 1.807) is 30.3 Å². The number of nitrogens with one attached hydrogen (secondary N) is 1. The molecule has 0 radical (unpaired) electrons. The minimum absolute atomic E-state index is 0.00700. The van der Waals surface area contributed by atoms with Gasteiger partial charge in [0.25, 0.3) is 5.91 Å². The van der Waals surface area contributed by atoms with E-state index < -0.39 is 0 Å². The van der Waals surface area contributed by atoms with Crippen molar-refractivity contribution in [3.8, 4) is 5.75 Å². The Morgan fingerprint density at radius 3 is 2.50 bits per heavy atom. The number of rotatable bonds is 3. The van der Waals surface area contributed by atoms with Gasteiger partial charge in [-0.25, -0.2) is 0 Å². The van der Waals surface area contributed by atoms with Crippen LogP contribution in [-0.4, -0.2) is 18.3 Å². The summed E-state index contributed by atoms with van der Waals surface area (Å²) in [7, 11) is 0. The van der Waals surface area contributed by atoms with E-state index >= 15 is 0 Å².